The third kappa shape index (κ3) is 2.06. The highest BCUT2D eigenvalue weighted by molar-refractivity contribution is 5.74. The molecule has 0 saturated carbocycles. The van der Waals surface area contributed by atoms with Gasteiger partial charge in [0.1, 0.15) is 0 Å². The van der Waals surface area contributed by atoms with E-state index in [4.69, 9.17) is 0 Å². The second-order valence-corrected chi connectivity index (χ2v) is 5.80. The molecule has 100 valence electrons. The highest BCUT2D eigenvalue weighted by atomic mass is 14.9. The molecule has 2 unspecified atom stereocenters. The fraction of sp³-hybridized carbons (Fsp3) is 0.278. The number of pyridine rings is 1. The van der Waals surface area contributed by atoms with Crippen molar-refractivity contribution in [1.82, 2.24) is 10.3 Å². The van der Waals surface area contributed by atoms with Gasteiger partial charge >= 0.3 is 0 Å². The van der Waals surface area contributed by atoms with Gasteiger partial charge < -0.3 is 5.32 Å². The Morgan fingerprint density at radius 1 is 0.950 bits per heavy atom. The number of rotatable bonds is 2. The van der Waals surface area contributed by atoms with E-state index in [1.54, 1.807) is 0 Å². The van der Waals surface area contributed by atoms with E-state index < -0.39 is 0 Å². The van der Waals surface area contributed by atoms with Crippen molar-refractivity contribution in [3.8, 4) is 11.1 Å². The molecule has 2 atom stereocenters. The number of fused-ring (bicyclic) bond motifs is 2. The molecular weight excluding hydrogens is 244 g/mol. The van der Waals surface area contributed by atoms with Crippen LogP contribution < -0.4 is 5.32 Å². The Morgan fingerprint density at radius 3 is 2.65 bits per heavy atom. The van der Waals surface area contributed by atoms with Crippen LogP contribution in [0.15, 0.2) is 54.9 Å². The summed E-state index contributed by atoms with van der Waals surface area (Å²) in [4.78, 5) is 4.46. The van der Waals surface area contributed by atoms with E-state index >= 15 is 0 Å². The molecule has 2 heterocycles. The molecule has 1 fully saturated rings. The summed E-state index contributed by atoms with van der Waals surface area (Å²) < 4.78 is 0. The molecule has 1 aromatic heterocycles. The van der Waals surface area contributed by atoms with Gasteiger partial charge in [-0.05, 0) is 41.0 Å². The first-order chi connectivity index (χ1) is 9.90. The molecule has 1 N–H and O–H groups in total. The van der Waals surface area contributed by atoms with E-state index in [-0.39, 0.29) is 0 Å². The molecule has 20 heavy (non-hydrogen) atoms. The zero-order valence-corrected chi connectivity index (χ0v) is 11.4. The maximum absolute atomic E-state index is 4.46. The Labute approximate surface area is 119 Å². The van der Waals surface area contributed by atoms with E-state index in [2.05, 4.69) is 52.8 Å². The van der Waals surface area contributed by atoms with Crippen molar-refractivity contribution >= 4 is 5.57 Å². The van der Waals surface area contributed by atoms with Crippen molar-refractivity contribution in [2.24, 2.45) is 11.8 Å². The third-order valence-corrected chi connectivity index (χ3v) is 4.42. The van der Waals surface area contributed by atoms with Crippen LogP contribution in [0.2, 0.25) is 0 Å². The van der Waals surface area contributed by atoms with Crippen molar-refractivity contribution in [2.75, 3.05) is 13.1 Å². The van der Waals surface area contributed by atoms with Crippen molar-refractivity contribution in [1.29, 1.82) is 0 Å². The topological polar surface area (TPSA) is 24.9 Å². The van der Waals surface area contributed by atoms with Gasteiger partial charge in [0.25, 0.3) is 0 Å². The summed E-state index contributed by atoms with van der Waals surface area (Å²) in [5.41, 5.74) is 5.23. The van der Waals surface area contributed by atoms with E-state index in [9.17, 15) is 0 Å². The average molecular weight is 262 g/mol. The van der Waals surface area contributed by atoms with Crippen molar-refractivity contribution in [2.45, 2.75) is 6.42 Å². The number of hydrogen-bond donors (Lipinski definition) is 1. The number of nitrogens with one attached hydrogen (secondary N) is 1. The minimum atomic E-state index is 0.668. The molecule has 2 bridgehead atoms. The smallest absolute Gasteiger partial charge is 0.0346 e. The van der Waals surface area contributed by atoms with Gasteiger partial charge in [-0.2, -0.15) is 0 Å². The third-order valence-electron chi connectivity index (χ3n) is 4.42. The molecule has 1 aliphatic heterocycles. The second-order valence-electron chi connectivity index (χ2n) is 5.80. The predicted octanol–water partition coefficient (Wildman–Crippen LogP) is 3.37. The van der Waals surface area contributed by atoms with Gasteiger partial charge in [-0.3, -0.25) is 4.98 Å². The summed E-state index contributed by atoms with van der Waals surface area (Å²) >= 11 is 0. The standard InChI is InChI=1S/C18H18N2/c1-2-4-14(5-3-1)15-8-17(12-20-10-15)18-7-13-6-16(18)11-19-9-13/h1-5,7-8,10,12-13,16,19H,6,9,11H2. The number of aromatic nitrogens is 1. The molecule has 0 radical (unpaired) electrons. The number of hydrogen-bond acceptors (Lipinski definition) is 2. The Morgan fingerprint density at radius 2 is 1.80 bits per heavy atom. The summed E-state index contributed by atoms with van der Waals surface area (Å²) in [7, 11) is 0. The molecule has 0 amide bonds. The average Bonchev–Trinajstić information content (AvgIpc) is 2.82. The van der Waals surface area contributed by atoms with E-state index in [0.29, 0.717) is 11.8 Å². The zero-order chi connectivity index (χ0) is 13.4. The molecule has 2 aliphatic rings. The van der Waals surface area contributed by atoms with Gasteiger partial charge in [0.05, 0.1) is 0 Å². The highest BCUT2D eigenvalue weighted by Crippen LogP contribution is 2.39. The molecule has 1 aliphatic carbocycles. The van der Waals surface area contributed by atoms with Gasteiger partial charge in [0, 0.05) is 31.0 Å². The van der Waals surface area contributed by atoms with Crippen molar-refractivity contribution in [3.63, 3.8) is 0 Å². The van der Waals surface area contributed by atoms with E-state index in [0.717, 1.165) is 13.1 Å². The Balaban J connectivity index is 1.72. The maximum atomic E-state index is 4.46. The lowest BCUT2D eigenvalue weighted by Crippen LogP contribution is -2.31. The van der Waals surface area contributed by atoms with E-state index in [1.165, 1.54) is 28.7 Å². The summed E-state index contributed by atoms with van der Waals surface area (Å²) in [6.45, 7) is 2.24. The fourth-order valence-corrected chi connectivity index (χ4v) is 3.45. The van der Waals surface area contributed by atoms with Crippen molar-refractivity contribution < 1.29 is 0 Å². The monoisotopic (exact) mass is 262 g/mol. The Hall–Kier alpha value is -1.93. The summed E-state index contributed by atoms with van der Waals surface area (Å²) in [6, 6.07) is 12.8. The van der Waals surface area contributed by atoms with Crippen LogP contribution in [0, 0.1) is 11.8 Å². The van der Waals surface area contributed by atoms with Crippen LogP contribution in [-0.4, -0.2) is 18.1 Å². The quantitative estimate of drug-likeness (QED) is 0.897. The molecule has 2 aromatic rings. The van der Waals surface area contributed by atoms with Crippen LogP contribution in [-0.2, 0) is 0 Å². The van der Waals surface area contributed by atoms with Gasteiger partial charge in [-0.15, -0.1) is 0 Å². The molecule has 2 nitrogen and oxygen atoms in total. The number of nitrogens with zero attached hydrogens (tertiary/aromatic N) is 1. The first-order valence-corrected chi connectivity index (χ1v) is 7.33. The van der Waals surface area contributed by atoms with Crippen molar-refractivity contribution in [3.05, 3.63) is 60.4 Å². The lowest BCUT2D eigenvalue weighted by molar-refractivity contribution is 0.407. The van der Waals surface area contributed by atoms with E-state index in [1.807, 2.05) is 12.4 Å². The lowest BCUT2D eigenvalue weighted by Gasteiger charge is -2.22. The van der Waals surface area contributed by atoms with Gasteiger partial charge in [0.15, 0.2) is 0 Å². The summed E-state index contributed by atoms with van der Waals surface area (Å²) in [5, 5.41) is 3.52. The van der Waals surface area contributed by atoms with Crippen LogP contribution in [0.25, 0.3) is 16.7 Å². The maximum Gasteiger partial charge on any atom is 0.0346 e. The largest absolute Gasteiger partial charge is 0.316 e. The lowest BCUT2D eigenvalue weighted by atomic mass is 9.92. The van der Waals surface area contributed by atoms with Crippen LogP contribution >= 0.6 is 0 Å². The van der Waals surface area contributed by atoms with Crippen LogP contribution in [0.1, 0.15) is 12.0 Å². The Bertz CT molecular complexity index is 645. The normalized spacial score (nSPS) is 24.5. The molecule has 4 rings (SSSR count). The molecule has 2 heteroatoms. The number of benzene rings is 1. The Kier molecular flexibility index (Phi) is 2.89. The zero-order valence-electron chi connectivity index (χ0n) is 11.4. The van der Waals surface area contributed by atoms with Gasteiger partial charge in [-0.25, -0.2) is 0 Å². The molecule has 0 spiro atoms. The van der Waals surface area contributed by atoms with Gasteiger partial charge in [-0.1, -0.05) is 36.4 Å². The summed E-state index contributed by atoms with van der Waals surface area (Å²) in [5.74, 6) is 1.38. The first-order valence-electron chi connectivity index (χ1n) is 7.33. The predicted molar refractivity (Wildman–Crippen MR) is 82.1 cm³/mol. The molecule has 1 saturated heterocycles. The second kappa shape index (κ2) is 4.88. The summed E-state index contributed by atoms with van der Waals surface area (Å²) in [6.07, 6.45) is 7.73. The minimum Gasteiger partial charge on any atom is -0.316 e. The van der Waals surface area contributed by atoms with Crippen LogP contribution in [0.4, 0.5) is 0 Å². The molecular formula is C18H18N2. The van der Waals surface area contributed by atoms with Gasteiger partial charge in [0.2, 0.25) is 0 Å². The number of piperidine rings is 1. The minimum absolute atomic E-state index is 0.668. The van der Waals surface area contributed by atoms with Crippen LogP contribution in [0.5, 0.6) is 0 Å². The fourth-order valence-electron chi connectivity index (χ4n) is 3.45. The SMILES string of the molecule is C1=C(c2cncc(-c3ccccc3)c2)C2CNCC1C2. The highest BCUT2D eigenvalue weighted by Gasteiger charge is 2.30. The van der Waals surface area contributed by atoms with Crippen LogP contribution in [0.3, 0.4) is 0 Å². The first kappa shape index (κ1) is 11.9. The molecule has 1 aromatic carbocycles.